The van der Waals surface area contributed by atoms with Gasteiger partial charge in [0.1, 0.15) is 0 Å². The summed E-state index contributed by atoms with van der Waals surface area (Å²) in [6, 6.07) is 7.62. The normalized spacial score (nSPS) is 15.1. The van der Waals surface area contributed by atoms with Crippen LogP contribution in [0.4, 0.5) is 0 Å². The standard InChI is InChI=1S/C13H21NO.ClH/c1-9-7-5-6-8-10(9)11(14)12(15)13(2,3)4;/h5-8,11-12,15H,14H2,1-4H3;1H/t11-,12-;/m0./s1. The third-order valence-electron chi connectivity index (χ3n) is 2.78. The van der Waals surface area contributed by atoms with Crippen molar-refractivity contribution in [1.82, 2.24) is 0 Å². The second kappa shape index (κ2) is 5.67. The van der Waals surface area contributed by atoms with Crippen LogP contribution in [0.25, 0.3) is 0 Å². The molecule has 1 aromatic rings. The summed E-state index contributed by atoms with van der Waals surface area (Å²) in [4.78, 5) is 0. The van der Waals surface area contributed by atoms with Gasteiger partial charge in [-0.3, -0.25) is 0 Å². The quantitative estimate of drug-likeness (QED) is 0.839. The van der Waals surface area contributed by atoms with Crippen molar-refractivity contribution in [1.29, 1.82) is 0 Å². The summed E-state index contributed by atoms with van der Waals surface area (Å²) in [5.74, 6) is 0. The van der Waals surface area contributed by atoms with Crippen LogP contribution in [0.2, 0.25) is 0 Å². The molecule has 3 heteroatoms. The molecule has 0 bridgehead atoms. The minimum Gasteiger partial charge on any atom is -0.391 e. The maximum absolute atomic E-state index is 10.1. The van der Waals surface area contributed by atoms with Gasteiger partial charge in [0.2, 0.25) is 0 Å². The molecular formula is C13H22ClNO. The van der Waals surface area contributed by atoms with Crippen molar-refractivity contribution >= 4 is 12.4 Å². The first-order valence-electron chi connectivity index (χ1n) is 5.33. The van der Waals surface area contributed by atoms with Gasteiger partial charge in [-0.2, -0.15) is 0 Å². The van der Waals surface area contributed by atoms with Gasteiger partial charge in [0, 0.05) is 0 Å². The van der Waals surface area contributed by atoms with Gasteiger partial charge in [-0.1, -0.05) is 45.0 Å². The van der Waals surface area contributed by atoms with Crippen LogP contribution in [0, 0.1) is 12.3 Å². The third-order valence-corrected chi connectivity index (χ3v) is 2.78. The SMILES string of the molecule is Cc1ccccc1[C@H](N)[C@H](O)C(C)(C)C.Cl. The fourth-order valence-corrected chi connectivity index (χ4v) is 1.67. The van der Waals surface area contributed by atoms with E-state index in [1.807, 2.05) is 52.0 Å². The van der Waals surface area contributed by atoms with E-state index in [1.165, 1.54) is 0 Å². The molecule has 1 aromatic carbocycles. The Kier molecular flexibility index (Phi) is 5.47. The molecular weight excluding hydrogens is 222 g/mol. The number of hydrogen-bond acceptors (Lipinski definition) is 2. The molecule has 0 aliphatic carbocycles. The monoisotopic (exact) mass is 243 g/mol. The highest BCUT2D eigenvalue weighted by Crippen LogP contribution is 2.29. The zero-order valence-corrected chi connectivity index (χ0v) is 11.2. The van der Waals surface area contributed by atoms with E-state index in [2.05, 4.69) is 0 Å². The number of rotatable bonds is 2. The Labute approximate surface area is 104 Å². The van der Waals surface area contributed by atoms with Crippen molar-refractivity contribution in [2.24, 2.45) is 11.1 Å². The number of aliphatic hydroxyl groups excluding tert-OH is 1. The molecule has 0 spiro atoms. The Morgan fingerprint density at radius 2 is 1.69 bits per heavy atom. The largest absolute Gasteiger partial charge is 0.391 e. The summed E-state index contributed by atoms with van der Waals surface area (Å²) < 4.78 is 0. The summed E-state index contributed by atoms with van der Waals surface area (Å²) >= 11 is 0. The number of nitrogens with two attached hydrogens (primary N) is 1. The van der Waals surface area contributed by atoms with Gasteiger partial charge in [0.25, 0.3) is 0 Å². The molecule has 2 nitrogen and oxygen atoms in total. The fraction of sp³-hybridized carbons (Fsp3) is 0.538. The van der Waals surface area contributed by atoms with Crippen molar-refractivity contribution in [2.75, 3.05) is 0 Å². The van der Waals surface area contributed by atoms with E-state index >= 15 is 0 Å². The molecule has 0 unspecified atom stereocenters. The Balaban J connectivity index is 0.00000225. The van der Waals surface area contributed by atoms with Crippen molar-refractivity contribution in [3.8, 4) is 0 Å². The van der Waals surface area contributed by atoms with Gasteiger partial charge >= 0.3 is 0 Å². The van der Waals surface area contributed by atoms with Crippen molar-refractivity contribution < 1.29 is 5.11 Å². The highest BCUT2D eigenvalue weighted by atomic mass is 35.5. The summed E-state index contributed by atoms with van der Waals surface area (Å²) in [6.45, 7) is 8.01. The van der Waals surface area contributed by atoms with E-state index in [4.69, 9.17) is 5.73 Å². The van der Waals surface area contributed by atoms with E-state index in [1.54, 1.807) is 0 Å². The molecule has 2 atom stereocenters. The number of aryl methyl sites for hydroxylation is 1. The molecule has 0 aromatic heterocycles. The van der Waals surface area contributed by atoms with Gasteiger partial charge in [0.15, 0.2) is 0 Å². The average Bonchev–Trinajstić information content (AvgIpc) is 2.15. The van der Waals surface area contributed by atoms with Crippen LogP contribution in [-0.4, -0.2) is 11.2 Å². The lowest BCUT2D eigenvalue weighted by Gasteiger charge is -2.31. The molecule has 3 N–H and O–H groups in total. The van der Waals surface area contributed by atoms with Gasteiger partial charge < -0.3 is 10.8 Å². The zero-order valence-electron chi connectivity index (χ0n) is 10.4. The van der Waals surface area contributed by atoms with Gasteiger partial charge in [0.05, 0.1) is 12.1 Å². The molecule has 0 saturated heterocycles. The zero-order chi connectivity index (χ0) is 11.6. The van der Waals surface area contributed by atoms with E-state index < -0.39 is 6.10 Å². The van der Waals surface area contributed by atoms with Crippen LogP contribution >= 0.6 is 12.4 Å². The Bertz CT molecular complexity index is 333. The molecule has 92 valence electrons. The fourth-order valence-electron chi connectivity index (χ4n) is 1.67. The summed E-state index contributed by atoms with van der Waals surface area (Å²) in [6.07, 6.45) is -0.529. The highest BCUT2D eigenvalue weighted by molar-refractivity contribution is 5.85. The molecule has 1 rings (SSSR count). The smallest absolute Gasteiger partial charge is 0.0781 e. The molecule has 0 radical (unpaired) electrons. The number of hydrogen-bond donors (Lipinski definition) is 2. The lowest BCUT2D eigenvalue weighted by atomic mass is 9.82. The predicted octanol–water partition coefficient (Wildman–Crippen LogP) is 2.82. The molecule has 0 aliphatic heterocycles. The minimum absolute atomic E-state index is 0. The number of benzene rings is 1. The van der Waals surface area contributed by atoms with Crippen LogP contribution in [0.5, 0.6) is 0 Å². The Morgan fingerprint density at radius 1 is 1.19 bits per heavy atom. The van der Waals surface area contributed by atoms with E-state index in [9.17, 15) is 5.11 Å². The number of halogens is 1. The molecule has 0 amide bonds. The first-order valence-corrected chi connectivity index (χ1v) is 5.33. The molecule has 16 heavy (non-hydrogen) atoms. The maximum Gasteiger partial charge on any atom is 0.0781 e. The van der Waals surface area contributed by atoms with Crippen molar-refractivity contribution in [2.45, 2.75) is 39.8 Å². The maximum atomic E-state index is 10.1. The first-order chi connectivity index (χ1) is 6.84. The third kappa shape index (κ3) is 3.48. The second-order valence-electron chi connectivity index (χ2n) is 5.19. The Morgan fingerprint density at radius 3 is 2.12 bits per heavy atom. The summed E-state index contributed by atoms with van der Waals surface area (Å²) in [5.41, 5.74) is 8.04. The first kappa shape index (κ1) is 15.4. The average molecular weight is 244 g/mol. The van der Waals surface area contributed by atoms with E-state index in [0.29, 0.717) is 0 Å². The van der Waals surface area contributed by atoms with Gasteiger partial charge in [-0.05, 0) is 23.5 Å². The summed E-state index contributed by atoms with van der Waals surface area (Å²) in [7, 11) is 0. The van der Waals surface area contributed by atoms with Crippen LogP contribution in [0.15, 0.2) is 24.3 Å². The number of aliphatic hydroxyl groups is 1. The van der Waals surface area contributed by atoms with Crippen molar-refractivity contribution in [3.63, 3.8) is 0 Å². The lowest BCUT2D eigenvalue weighted by molar-refractivity contribution is 0.0399. The predicted molar refractivity (Wildman–Crippen MR) is 70.8 cm³/mol. The van der Waals surface area contributed by atoms with E-state index in [0.717, 1.165) is 11.1 Å². The molecule has 0 fully saturated rings. The second-order valence-corrected chi connectivity index (χ2v) is 5.19. The molecule has 0 heterocycles. The minimum atomic E-state index is -0.529. The van der Waals surface area contributed by atoms with Crippen molar-refractivity contribution in [3.05, 3.63) is 35.4 Å². The highest BCUT2D eigenvalue weighted by Gasteiger charge is 2.29. The van der Waals surface area contributed by atoms with Crippen LogP contribution in [-0.2, 0) is 0 Å². The van der Waals surface area contributed by atoms with Gasteiger partial charge in [-0.25, -0.2) is 0 Å². The van der Waals surface area contributed by atoms with Gasteiger partial charge in [-0.15, -0.1) is 12.4 Å². The topological polar surface area (TPSA) is 46.2 Å². The van der Waals surface area contributed by atoms with Crippen LogP contribution in [0.3, 0.4) is 0 Å². The molecule has 0 saturated carbocycles. The Hall–Kier alpha value is -0.570. The van der Waals surface area contributed by atoms with Crippen LogP contribution < -0.4 is 5.73 Å². The molecule has 0 aliphatic rings. The lowest BCUT2D eigenvalue weighted by Crippen LogP contribution is -2.37. The summed E-state index contributed by atoms with van der Waals surface area (Å²) in [5, 5.41) is 10.1. The van der Waals surface area contributed by atoms with Crippen LogP contribution in [0.1, 0.15) is 37.9 Å². The van der Waals surface area contributed by atoms with E-state index in [-0.39, 0.29) is 23.9 Å².